The van der Waals surface area contributed by atoms with E-state index in [1.165, 1.54) is 88.6 Å². The van der Waals surface area contributed by atoms with Crippen LogP contribution in [0.3, 0.4) is 0 Å². The first-order chi connectivity index (χ1) is 43.0. The zero-order valence-corrected chi connectivity index (χ0v) is 48.8. The molecule has 3 saturated carbocycles. The third kappa shape index (κ3) is 7.84. The zero-order chi connectivity index (χ0) is 57.3. The Morgan fingerprint density at radius 3 is 1.10 bits per heavy atom. The lowest BCUT2D eigenvalue weighted by molar-refractivity contribution is 0.00199. The fourth-order valence-corrected chi connectivity index (χ4v) is 19.0. The molecule has 12 aromatic rings. The average molecular weight is 1120 g/mol. The van der Waals surface area contributed by atoms with E-state index in [2.05, 4.69) is 273 Å². The molecule has 3 nitrogen and oxygen atoms in total. The largest absolute Gasteiger partial charge is 0.208 e. The predicted molar refractivity (Wildman–Crippen MR) is 355 cm³/mol. The molecule has 416 valence electrons. The summed E-state index contributed by atoms with van der Waals surface area (Å²) in [6.45, 7) is 0. The Morgan fingerprint density at radius 2 is 0.586 bits per heavy atom. The lowest BCUT2D eigenvalue weighted by Crippen LogP contribution is -2.60. The molecule has 3 heteroatoms. The van der Waals surface area contributed by atoms with Crippen LogP contribution in [-0.4, -0.2) is 15.0 Å². The number of aromatic nitrogens is 3. The molecule has 6 bridgehead atoms. The molecule has 0 N–H and O–H groups in total. The van der Waals surface area contributed by atoms with Crippen molar-refractivity contribution in [3.8, 4) is 101 Å². The van der Waals surface area contributed by atoms with Crippen LogP contribution in [0.4, 0.5) is 0 Å². The Hall–Kier alpha value is -9.57. The van der Waals surface area contributed by atoms with Crippen molar-refractivity contribution in [2.75, 3.05) is 0 Å². The van der Waals surface area contributed by atoms with Gasteiger partial charge in [0.1, 0.15) is 0 Å². The van der Waals surface area contributed by atoms with Crippen molar-refractivity contribution in [1.29, 1.82) is 0 Å². The summed E-state index contributed by atoms with van der Waals surface area (Å²) in [4.78, 5) is 15.9. The summed E-state index contributed by atoms with van der Waals surface area (Å²) in [6.07, 6.45) is 9.38. The lowest BCUT2D eigenvalue weighted by atomic mass is 9.40. The van der Waals surface area contributed by atoms with Gasteiger partial charge in [-0.25, -0.2) is 15.0 Å². The number of fused-ring (bicyclic) bond motifs is 16. The SMILES string of the molecule is c1ccc(-c2cccc(-c3nc(-c4ccc(-c5ccc6c(c5)-c5ccccc5C5CCC67CCC6CC8(CC9CC(C5)(c5ccccc5-c5ccccc59)C78)c5ccccc5-c5ccccc56)cc4)nc(-c4cccc(-c5ccccc5)c4)n3)c2)cc1. The van der Waals surface area contributed by atoms with Gasteiger partial charge >= 0.3 is 0 Å². The molecule has 0 radical (unpaired) electrons. The first kappa shape index (κ1) is 50.7. The fourth-order valence-electron chi connectivity index (χ4n) is 19.0. The minimum Gasteiger partial charge on any atom is -0.208 e. The van der Waals surface area contributed by atoms with Crippen LogP contribution in [0.15, 0.2) is 273 Å². The monoisotopic (exact) mass is 1120 g/mol. The van der Waals surface area contributed by atoms with E-state index in [-0.39, 0.29) is 16.2 Å². The van der Waals surface area contributed by atoms with Crippen molar-refractivity contribution in [2.45, 2.75) is 85.4 Å². The Balaban J connectivity index is 0.815. The maximum atomic E-state index is 5.30. The van der Waals surface area contributed by atoms with Crippen LogP contribution in [0.2, 0.25) is 0 Å². The van der Waals surface area contributed by atoms with Crippen molar-refractivity contribution in [3.63, 3.8) is 0 Å². The van der Waals surface area contributed by atoms with E-state index in [0.717, 1.165) is 51.8 Å². The summed E-state index contributed by atoms with van der Waals surface area (Å²) in [5, 5.41) is 0. The number of benzene rings is 11. The minimum absolute atomic E-state index is 0.106. The molecule has 0 saturated heterocycles. The minimum atomic E-state index is -0.113. The van der Waals surface area contributed by atoms with E-state index in [9.17, 15) is 0 Å². The van der Waals surface area contributed by atoms with Crippen LogP contribution < -0.4 is 0 Å². The van der Waals surface area contributed by atoms with Crippen LogP contribution in [0.5, 0.6) is 0 Å². The molecule has 11 aromatic carbocycles. The van der Waals surface area contributed by atoms with Crippen LogP contribution >= 0.6 is 0 Å². The third-order valence-electron chi connectivity index (χ3n) is 22.1. The zero-order valence-electron chi connectivity index (χ0n) is 48.8. The van der Waals surface area contributed by atoms with Crippen LogP contribution in [0.1, 0.15) is 103 Å². The van der Waals surface area contributed by atoms with Crippen LogP contribution in [0, 0.1) is 5.92 Å². The van der Waals surface area contributed by atoms with E-state index in [1.54, 1.807) is 27.8 Å². The second-order valence-electron chi connectivity index (χ2n) is 26.3. The topological polar surface area (TPSA) is 38.7 Å². The summed E-state index contributed by atoms with van der Waals surface area (Å²) in [6, 6.07) is 104. The molecule has 6 aliphatic rings. The Bertz CT molecular complexity index is 4550. The molecule has 18 rings (SSSR count). The van der Waals surface area contributed by atoms with Gasteiger partial charge in [0.15, 0.2) is 17.5 Å². The maximum Gasteiger partial charge on any atom is 0.164 e. The second kappa shape index (κ2) is 19.7. The molecule has 0 amide bonds. The summed E-state index contributed by atoms with van der Waals surface area (Å²) in [5.41, 5.74) is 27.6. The Morgan fingerprint density at radius 1 is 0.241 bits per heavy atom. The van der Waals surface area contributed by atoms with Crippen molar-refractivity contribution in [2.24, 2.45) is 5.92 Å². The number of hydrogen-bond acceptors (Lipinski definition) is 3. The van der Waals surface area contributed by atoms with E-state index >= 15 is 0 Å². The van der Waals surface area contributed by atoms with Crippen LogP contribution in [-0.2, 0) is 16.2 Å². The third-order valence-corrected chi connectivity index (χ3v) is 22.1. The molecular weight excluding hydrogens is 1050 g/mol. The summed E-state index contributed by atoms with van der Waals surface area (Å²) in [7, 11) is 0. The molecule has 3 spiro atoms. The normalized spacial score (nSPS) is 23.2. The van der Waals surface area contributed by atoms with Gasteiger partial charge in [-0.1, -0.05) is 255 Å². The molecule has 7 unspecified atom stereocenters. The summed E-state index contributed by atoms with van der Waals surface area (Å²) < 4.78 is 0. The first-order valence-corrected chi connectivity index (χ1v) is 31.8. The van der Waals surface area contributed by atoms with Gasteiger partial charge in [-0.15, -0.1) is 0 Å². The van der Waals surface area contributed by atoms with Gasteiger partial charge < -0.3 is 0 Å². The Labute approximate surface area is 510 Å². The molecular formula is C84H65N3. The van der Waals surface area contributed by atoms with Gasteiger partial charge in [0.05, 0.1) is 0 Å². The fraction of sp³-hybridized carbons (Fsp3) is 0.179. The van der Waals surface area contributed by atoms with Crippen molar-refractivity contribution in [1.82, 2.24) is 15.0 Å². The molecule has 1 heterocycles. The van der Waals surface area contributed by atoms with Crippen LogP contribution in [0.25, 0.3) is 101 Å². The molecule has 0 aliphatic heterocycles. The smallest absolute Gasteiger partial charge is 0.164 e. The predicted octanol–water partition coefficient (Wildman–Crippen LogP) is 21.1. The van der Waals surface area contributed by atoms with E-state index in [0.29, 0.717) is 41.1 Å². The van der Waals surface area contributed by atoms with E-state index in [4.69, 9.17) is 15.0 Å². The summed E-state index contributed by atoms with van der Waals surface area (Å²) >= 11 is 0. The van der Waals surface area contributed by atoms with Gasteiger partial charge in [-0.05, 0) is 193 Å². The van der Waals surface area contributed by atoms with E-state index < -0.39 is 0 Å². The lowest BCUT2D eigenvalue weighted by Gasteiger charge is -2.63. The summed E-state index contributed by atoms with van der Waals surface area (Å²) in [5.74, 6) is 3.56. The average Bonchev–Trinajstić information content (AvgIpc) is 1.58. The number of nitrogens with zero attached hydrogens (tertiary/aromatic N) is 3. The van der Waals surface area contributed by atoms with Crippen molar-refractivity contribution >= 4 is 0 Å². The molecule has 87 heavy (non-hydrogen) atoms. The van der Waals surface area contributed by atoms with E-state index in [1.807, 2.05) is 0 Å². The maximum absolute atomic E-state index is 5.30. The number of rotatable bonds is 6. The highest BCUT2D eigenvalue weighted by atomic mass is 15.0. The van der Waals surface area contributed by atoms with Gasteiger partial charge in [-0.2, -0.15) is 0 Å². The van der Waals surface area contributed by atoms with Gasteiger partial charge in [-0.3, -0.25) is 0 Å². The molecule has 7 atom stereocenters. The first-order valence-electron chi connectivity index (χ1n) is 31.8. The quantitative estimate of drug-likeness (QED) is 0.167. The highest BCUT2D eigenvalue weighted by Crippen LogP contribution is 2.76. The molecule has 1 aromatic heterocycles. The molecule has 3 fully saturated rings. The number of hydrogen-bond donors (Lipinski definition) is 0. The molecule has 6 aliphatic carbocycles. The Kier molecular flexibility index (Phi) is 11.5. The van der Waals surface area contributed by atoms with Gasteiger partial charge in [0, 0.05) is 32.9 Å². The second-order valence-corrected chi connectivity index (χ2v) is 26.3. The van der Waals surface area contributed by atoms with Crippen molar-refractivity contribution < 1.29 is 0 Å². The van der Waals surface area contributed by atoms with Gasteiger partial charge in [0.2, 0.25) is 0 Å². The highest BCUT2D eigenvalue weighted by Gasteiger charge is 2.69. The standard InChI is InChI=1S/C84H65N3/c1-3-19-54(20-4-1)58-23-17-25-61(47-58)79-85-78(86-80(87-79)62-26-18-24-59(48-62)55-21-5-2-6-22-55)57-39-37-56(38-40-57)60-41-42-77-74(49-60)71-32-12-8-28-67(71)64-44-46-82(77)45-43-63-50-83(75-35-15-13-33-72(75)69-30-10-7-27-66(63)69)52-65-53-84(51-64,81(82)83)76-36-16-14-34-73(76)70-31-11-9-29-68(65)70/h1-42,47-49,63-65,81H,43-46,50-53H2. The van der Waals surface area contributed by atoms with Gasteiger partial charge in [0.25, 0.3) is 0 Å². The highest BCUT2D eigenvalue weighted by molar-refractivity contribution is 5.84. The van der Waals surface area contributed by atoms with Crippen molar-refractivity contribution in [3.05, 3.63) is 306 Å².